The molecule has 1 N–H and O–H groups in total. The van der Waals surface area contributed by atoms with Crippen molar-refractivity contribution < 1.29 is 9.59 Å². The maximum atomic E-state index is 12.5. The first-order valence-electron chi connectivity index (χ1n) is 7.26. The molecule has 0 aliphatic heterocycles. The maximum Gasteiger partial charge on any atom is 0.254 e. The van der Waals surface area contributed by atoms with E-state index in [1.807, 2.05) is 19.2 Å². The van der Waals surface area contributed by atoms with E-state index in [1.165, 1.54) is 16.2 Å². The van der Waals surface area contributed by atoms with E-state index in [2.05, 4.69) is 10.3 Å². The highest BCUT2D eigenvalue weighted by Crippen LogP contribution is 2.15. The van der Waals surface area contributed by atoms with E-state index in [9.17, 15) is 9.59 Å². The lowest BCUT2D eigenvalue weighted by atomic mass is 10.2. The number of rotatable bonds is 6. The van der Waals surface area contributed by atoms with Gasteiger partial charge in [0.1, 0.15) is 6.54 Å². The quantitative estimate of drug-likeness (QED) is 0.865. The number of hydrogen-bond acceptors (Lipinski definition) is 4. The summed E-state index contributed by atoms with van der Waals surface area (Å²) in [6.07, 6.45) is 0.767. The minimum absolute atomic E-state index is 0.00602. The van der Waals surface area contributed by atoms with Crippen LogP contribution >= 0.6 is 22.9 Å². The number of nitrogens with one attached hydrogen (secondary N) is 1. The van der Waals surface area contributed by atoms with E-state index < -0.39 is 0 Å². The summed E-state index contributed by atoms with van der Waals surface area (Å²) < 4.78 is 0. The summed E-state index contributed by atoms with van der Waals surface area (Å²) in [4.78, 5) is 30.4. The maximum absolute atomic E-state index is 12.5. The number of halogens is 1. The molecule has 7 heteroatoms. The lowest BCUT2D eigenvalue weighted by Gasteiger charge is -2.21. The van der Waals surface area contributed by atoms with Gasteiger partial charge in [-0.25, -0.2) is 4.98 Å². The average Bonchev–Trinajstić information content (AvgIpc) is 2.92. The number of carbonyl (C=O) groups excluding carboxylic acids is 2. The Kier molecular flexibility index (Phi) is 6.12. The number of amides is 2. The van der Waals surface area contributed by atoms with E-state index in [-0.39, 0.29) is 18.4 Å². The molecular formula is C16H18ClN3O2S. The SMILES string of the molecule is CCCN(CC(=O)Nc1nc(C)cs1)C(=O)c1ccc(Cl)cc1. The van der Waals surface area contributed by atoms with Crippen LogP contribution in [0.1, 0.15) is 29.4 Å². The summed E-state index contributed by atoms with van der Waals surface area (Å²) in [7, 11) is 0. The Morgan fingerprint density at radius 3 is 2.57 bits per heavy atom. The van der Waals surface area contributed by atoms with E-state index in [1.54, 1.807) is 24.3 Å². The molecule has 0 saturated carbocycles. The molecule has 2 amide bonds. The number of carbonyl (C=O) groups is 2. The highest BCUT2D eigenvalue weighted by atomic mass is 35.5. The second-order valence-electron chi connectivity index (χ2n) is 5.08. The third kappa shape index (κ3) is 5.04. The number of anilines is 1. The Labute approximate surface area is 144 Å². The van der Waals surface area contributed by atoms with Gasteiger partial charge in [-0.1, -0.05) is 18.5 Å². The molecule has 0 atom stereocenters. The van der Waals surface area contributed by atoms with E-state index >= 15 is 0 Å². The van der Waals surface area contributed by atoms with Crippen LogP contribution in [-0.4, -0.2) is 34.8 Å². The van der Waals surface area contributed by atoms with Gasteiger partial charge in [0.2, 0.25) is 5.91 Å². The molecule has 0 unspecified atom stereocenters. The fourth-order valence-electron chi connectivity index (χ4n) is 2.04. The molecule has 0 radical (unpaired) electrons. The van der Waals surface area contributed by atoms with Crippen LogP contribution in [0.3, 0.4) is 0 Å². The van der Waals surface area contributed by atoms with Crippen LogP contribution in [0.5, 0.6) is 0 Å². The number of aromatic nitrogens is 1. The smallest absolute Gasteiger partial charge is 0.254 e. The minimum atomic E-state index is -0.255. The Morgan fingerprint density at radius 1 is 1.30 bits per heavy atom. The predicted molar refractivity (Wildman–Crippen MR) is 93.1 cm³/mol. The molecular weight excluding hydrogens is 334 g/mol. The van der Waals surface area contributed by atoms with Gasteiger partial charge >= 0.3 is 0 Å². The van der Waals surface area contributed by atoms with Gasteiger partial charge in [-0.15, -0.1) is 11.3 Å². The number of nitrogens with zero attached hydrogens (tertiary/aromatic N) is 2. The standard InChI is InChI=1S/C16H18ClN3O2S/c1-3-8-20(15(22)12-4-6-13(17)7-5-12)9-14(21)19-16-18-11(2)10-23-16/h4-7,10H,3,8-9H2,1-2H3,(H,18,19,21). The molecule has 0 spiro atoms. The molecule has 2 aromatic rings. The minimum Gasteiger partial charge on any atom is -0.329 e. The Bertz CT molecular complexity index is 685. The van der Waals surface area contributed by atoms with Crippen molar-refractivity contribution in [1.29, 1.82) is 0 Å². The van der Waals surface area contributed by atoms with Crippen LogP contribution in [0.25, 0.3) is 0 Å². The zero-order chi connectivity index (χ0) is 16.8. The molecule has 1 aromatic heterocycles. The van der Waals surface area contributed by atoms with E-state index in [0.29, 0.717) is 22.3 Å². The summed E-state index contributed by atoms with van der Waals surface area (Å²) in [6.45, 7) is 4.32. The van der Waals surface area contributed by atoms with Crippen LogP contribution in [0.4, 0.5) is 5.13 Å². The van der Waals surface area contributed by atoms with Crippen LogP contribution in [0, 0.1) is 6.92 Å². The Balaban J connectivity index is 2.03. The van der Waals surface area contributed by atoms with Gasteiger partial charge in [-0.2, -0.15) is 0 Å². The topological polar surface area (TPSA) is 62.3 Å². The van der Waals surface area contributed by atoms with Crippen LogP contribution in [-0.2, 0) is 4.79 Å². The molecule has 0 saturated heterocycles. The van der Waals surface area contributed by atoms with Crippen molar-refractivity contribution in [2.45, 2.75) is 20.3 Å². The fraction of sp³-hybridized carbons (Fsp3) is 0.312. The normalized spacial score (nSPS) is 10.4. The van der Waals surface area contributed by atoms with Crippen molar-refractivity contribution in [3.8, 4) is 0 Å². The Morgan fingerprint density at radius 2 is 2.00 bits per heavy atom. The molecule has 0 aliphatic rings. The first-order valence-corrected chi connectivity index (χ1v) is 8.52. The Hall–Kier alpha value is -1.92. The third-order valence-electron chi connectivity index (χ3n) is 3.07. The van der Waals surface area contributed by atoms with Crippen LogP contribution < -0.4 is 5.32 Å². The van der Waals surface area contributed by atoms with E-state index in [4.69, 9.17) is 11.6 Å². The lowest BCUT2D eigenvalue weighted by Crippen LogP contribution is -2.38. The molecule has 0 aliphatic carbocycles. The molecule has 1 aromatic carbocycles. The van der Waals surface area contributed by atoms with Crippen LogP contribution in [0.2, 0.25) is 5.02 Å². The van der Waals surface area contributed by atoms with Gasteiger partial charge < -0.3 is 10.2 Å². The average molecular weight is 352 g/mol. The zero-order valence-corrected chi connectivity index (χ0v) is 14.6. The molecule has 2 rings (SSSR count). The fourth-order valence-corrected chi connectivity index (χ4v) is 2.87. The van der Waals surface area contributed by atoms with Crippen molar-refractivity contribution in [1.82, 2.24) is 9.88 Å². The summed E-state index contributed by atoms with van der Waals surface area (Å²) in [5, 5.41) is 5.69. The molecule has 5 nitrogen and oxygen atoms in total. The summed E-state index contributed by atoms with van der Waals surface area (Å²) >= 11 is 7.20. The van der Waals surface area contributed by atoms with Gasteiger partial charge in [-0.05, 0) is 37.6 Å². The zero-order valence-electron chi connectivity index (χ0n) is 13.0. The molecule has 23 heavy (non-hydrogen) atoms. The molecule has 0 bridgehead atoms. The van der Waals surface area contributed by atoms with Crippen molar-refractivity contribution >= 4 is 39.9 Å². The van der Waals surface area contributed by atoms with Crippen LogP contribution in [0.15, 0.2) is 29.6 Å². The van der Waals surface area contributed by atoms with Gasteiger partial charge in [-0.3, -0.25) is 9.59 Å². The highest BCUT2D eigenvalue weighted by molar-refractivity contribution is 7.13. The van der Waals surface area contributed by atoms with Crippen molar-refractivity contribution in [2.75, 3.05) is 18.4 Å². The second-order valence-corrected chi connectivity index (χ2v) is 6.37. The summed E-state index contributed by atoms with van der Waals surface area (Å²) in [6, 6.07) is 6.65. The van der Waals surface area contributed by atoms with Crippen molar-refractivity contribution in [2.24, 2.45) is 0 Å². The van der Waals surface area contributed by atoms with Crippen molar-refractivity contribution in [3.05, 3.63) is 45.9 Å². The third-order valence-corrected chi connectivity index (χ3v) is 4.20. The summed E-state index contributed by atoms with van der Waals surface area (Å²) in [5.41, 5.74) is 1.37. The molecule has 1 heterocycles. The van der Waals surface area contributed by atoms with Gasteiger partial charge in [0.25, 0.3) is 5.91 Å². The van der Waals surface area contributed by atoms with Gasteiger partial charge in [0.15, 0.2) is 5.13 Å². The lowest BCUT2D eigenvalue weighted by molar-refractivity contribution is -0.116. The van der Waals surface area contributed by atoms with Crippen molar-refractivity contribution in [3.63, 3.8) is 0 Å². The number of aryl methyl sites for hydroxylation is 1. The number of benzene rings is 1. The molecule has 0 fully saturated rings. The van der Waals surface area contributed by atoms with E-state index in [0.717, 1.165) is 12.1 Å². The number of hydrogen-bond donors (Lipinski definition) is 1. The predicted octanol–water partition coefficient (Wildman–Crippen LogP) is 3.60. The largest absolute Gasteiger partial charge is 0.329 e. The molecule has 122 valence electrons. The second kappa shape index (κ2) is 8.08. The first-order chi connectivity index (χ1) is 11.0. The monoisotopic (exact) mass is 351 g/mol. The first kappa shape index (κ1) is 17.4. The van der Waals surface area contributed by atoms with Gasteiger partial charge in [0.05, 0.1) is 5.69 Å². The highest BCUT2D eigenvalue weighted by Gasteiger charge is 2.18. The number of thiazole rings is 1. The van der Waals surface area contributed by atoms with Gasteiger partial charge in [0, 0.05) is 22.5 Å². The summed E-state index contributed by atoms with van der Waals surface area (Å²) in [5.74, 6) is -0.441.